The molecule has 0 spiro atoms. The van der Waals surface area contributed by atoms with Crippen LogP contribution in [0.15, 0.2) is 47.1 Å². The summed E-state index contributed by atoms with van der Waals surface area (Å²) in [5, 5.41) is 7.28. The van der Waals surface area contributed by atoms with E-state index < -0.39 is 12.3 Å². The van der Waals surface area contributed by atoms with E-state index in [0.717, 1.165) is 0 Å². The molecule has 0 saturated heterocycles. The maximum absolute atomic E-state index is 13.8. The predicted octanol–water partition coefficient (Wildman–Crippen LogP) is 4.35. The van der Waals surface area contributed by atoms with Crippen LogP contribution in [0.4, 0.5) is 14.5 Å². The van der Waals surface area contributed by atoms with Crippen LogP contribution in [0.1, 0.15) is 17.7 Å². The lowest BCUT2D eigenvalue weighted by Crippen LogP contribution is -2.20. The number of furan rings is 1. The number of pyridine rings is 1. The quantitative estimate of drug-likeness (QED) is 0.496. The summed E-state index contributed by atoms with van der Waals surface area (Å²) in [5.41, 5.74) is 1.10. The highest BCUT2D eigenvalue weighted by atomic mass is 19.3. The molecule has 32 heavy (non-hydrogen) atoms. The Hall–Kier alpha value is -3.95. The second kappa shape index (κ2) is 7.95. The number of hydrogen-bond donors (Lipinski definition) is 1. The Bertz CT molecular complexity index is 1300. The Labute approximate surface area is 180 Å². The minimum Gasteiger partial charge on any atom is -0.486 e. The van der Waals surface area contributed by atoms with Crippen molar-refractivity contribution in [3.63, 3.8) is 0 Å². The molecule has 0 unspecified atom stereocenters. The lowest BCUT2D eigenvalue weighted by Gasteiger charge is -2.19. The van der Waals surface area contributed by atoms with E-state index >= 15 is 0 Å². The Morgan fingerprint density at radius 1 is 1.19 bits per heavy atom. The number of anilines is 1. The molecular formula is C22H18F2N4O4. The van der Waals surface area contributed by atoms with Gasteiger partial charge in [0.1, 0.15) is 25.5 Å². The number of hydrogen-bond acceptors (Lipinski definition) is 6. The van der Waals surface area contributed by atoms with Gasteiger partial charge in [0, 0.05) is 17.3 Å². The zero-order valence-corrected chi connectivity index (χ0v) is 17.0. The smallest absolute Gasteiger partial charge is 0.264 e. The molecule has 10 heteroatoms. The van der Waals surface area contributed by atoms with E-state index in [4.69, 9.17) is 13.9 Å². The van der Waals surface area contributed by atoms with E-state index in [1.54, 1.807) is 37.3 Å². The first-order valence-electron chi connectivity index (χ1n) is 9.89. The van der Waals surface area contributed by atoms with Gasteiger partial charge in [-0.25, -0.2) is 18.4 Å². The molecule has 4 aromatic rings. The average Bonchev–Trinajstić information content (AvgIpc) is 3.42. The summed E-state index contributed by atoms with van der Waals surface area (Å²) in [6, 6.07) is 9.64. The first-order chi connectivity index (χ1) is 15.5. The highest BCUT2D eigenvalue weighted by molar-refractivity contribution is 5.92. The molecule has 0 aliphatic carbocycles. The third-order valence-electron chi connectivity index (χ3n) is 5.04. The van der Waals surface area contributed by atoms with Crippen LogP contribution < -0.4 is 14.8 Å². The highest BCUT2D eigenvalue weighted by Crippen LogP contribution is 2.34. The number of nitrogens with one attached hydrogen (secondary N) is 1. The second-order valence-electron chi connectivity index (χ2n) is 7.22. The van der Waals surface area contributed by atoms with Crippen LogP contribution in [0.5, 0.6) is 11.5 Å². The lowest BCUT2D eigenvalue weighted by atomic mass is 10.1. The fraction of sp³-hybridized carbons (Fsp3) is 0.227. The molecule has 0 saturated carbocycles. The van der Waals surface area contributed by atoms with Gasteiger partial charge in [-0.05, 0) is 37.3 Å². The summed E-state index contributed by atoms with van der Waals surface area (Å²) in [4.78, 5) is 17.2. The predicted molar refractivity (Wildman–Crippen MR) is 111 cm³/mol. The van der Waals surface area contributed by atoms with Gasteiger partial charge in [0.15, 0.2) is 22.9 Å². The number of aromatic nitrogens is 3. The van der Waals surface area contributed by atoms with Crippen LogP contribution in [-0.2, 0) is 11.3 Å². The van der Waals surface area contributed by atoms with Gasteiger partial charge in [-0.15, -0.1) is 0 Å². The maximum atomic E-state index is 13.8. The standard InChI is InChI=1S/C22H18F2N4O4/c1-12-20-14(21(23)24)10-15(16-3-2-6-30-16)26-22(20)28(27-12)11-19(29)25-13-4-5-17-18(9-13)32-8-7-31-17/h2-6,9-10,21H,7-8,11H2,1H3,(H,25,29). The van der Waals surface area contributed by atoms with Gasteiger partial charge in [0.2, 0.25) is 5.91 Å². The minimum absolute atomic E-state index is 0.184. The summed E-state index contributed by atoms with van der Waals surface area (Å²) in [7, 11) is 0. The van der Waals surface area contributed by atoms with Crippen LogP contribution >= 0.6 is 0 Å². The second-order valence-corrected chi connectivity index (χ2v) is 7.22. The van der Waals surface area contributed by atoms with Crippen molar-refractivity contribution in [1.29, 1.82) is 0 Å². The van der Waals surface area contributed by atoms with E-state index in [2.05, 4.69) is 15.4 Å². The van der Waals surface area contributed by atoms with Crippen molar-refractivity contribution in [2.45, 2.75) is 19.9 Å². The van der Waals surface area contributed by atoms with Crippen molar-refractivity contribution < 1.29 is 27.5 Å². The number of fused-ring (bicyclic) bond motifs is 2. The van der Waals surface area contributed by atoms with E-state index in [1.165, 1.54) is 17.0 Å². The number of rotatable bonds is 5. The van der Waals surface area contributed by atoms with Crippen LogP contribution in [0.25, 0.3) is 22.5 Å². The van der Waals surface area contributed by atoms with E-state index in [9.17, 15) is 13.6 Å². The zero-order valence-electron chi connectivity index (χ0n) is 17.0. The molecule has 0 radical (unpaired) electrons. The van der Waals surface area contributed by atoms with Crippen molar-refractivity contribution in [1.82, 2.24) is 14.8 Å². The van der Waals surface area contributed by atoms with Crippen molar-refractivity contribution in [3.05, 3.63) is 53.9 Å². The van der Waals surface area contributed by atoms with Gasteiger partial charge in [-0.2, -0.15) is 5.10 Å². The largest absolute Gasteiger partial charge is 0.486 e. The highest BCUT2D eigenvalue weighted by Gasteiger charge is 2.23. The van der Waals surface area contributed by atoms with Gasteiger partial charge in [0.05, 0.1) is 17.3 Å². The van der Waals surface area contributed by atoms with Crippen LogP contribution in [0.3, 0.4) is 0 Å². The number of aryl methyl sites for hydroxylation is 1. The minimum atomic E-state index is -2.74. The molecule has 1 aliphatic rings. The molecule has 5 rings (SSSR count). The Balaban J connectivity index is 1.47. The molecule has 1 N–H and O–H groups in total. The molecule has 4 heterocycles. The average molecular weight is 440 g/mol. The van der Waals surface area contributed by atoms with Crippen molar-refractivity contribution in [2.24, 2.45) is 0 Å². The SMILES string of the molecule is Cc1nn(CC(=O)Nc2ccc3c(c2)OCCO3)c2nc(-c3ccco3)cc(C(F)F)c12. The summed E-state index contributed by atoms with van der Waals surface area (Å²) >= 11 is 0. The van der Waals surface area contributed by atoms with Gasteiger partial charge in [-0.1, -0.05) is 0 Å². The van der Waals surface area contributed by atoms with Gasteiger partial charge < -0.3 is 19.2 Å². The fourth-order valence-corrected chi connectivity index (χ4v) is 3.68. The van der Waals surface area contributed by atoms with E-state index in [-0.39, 0.29) is 28.8 Å². The molecule has 0 atom stereocenters. The van der Waals surface area contributed by atoms with Gasteiger partial charge in [0.25, 0.3) is 6.43 Å². The number of nitrogens with zero attached hydrogens (tertiary/aromatic N) is 3. The number of ether oxygens (including phenoxy) is 2. The lowest BCUT2D eigenvalue weighted by molar-refractivity contribution is -0.116. The Morgan fingerprint density at radius 3 is 2.75 bits per heavy atom. The monoisotopic (exact) mass is 440 g/mol. The molecule has 164 valence electrons. The molecule has 0 fully saturated rings. The van der Waals surface area contributed by atoms with E-state index in [1.807, 2.05) is 0 Å². The molecule has 8 nitrogen and oxygen atoms in total. The fourth-order valence-electron chi connectivity index (χ4n) is 3.68. The topological polar surface area (TPSA) is 91.4 Å². The molecule has 1 amide bonds. The summed E-state index contributed by atoms with van der Waals surface area (Å²) < 4.78 is 45.2. The third-order valence-corrected chi connectivity index (χ3v) is 5.04. The van der Waals surface area contributed by atoms with Crippen molar-refractivity contribution in [3.8, 4) is 23.0 Å². The molecule has 0 bridgehead atoms. The van der Waals surface area contributed by atoms with Crippen LogP contribution in [0.2, 0.25) is 0 Å². The summed E-state index contributed by atoms with van der Waals surface area (Å²) in [5.74, 6) is 1.10. The Kier molecular flexibility index (Phi) is 4.96. The summed E-state index contributed by atoms with van der Waals surface area (Å²) in [6.07, 6.45) is -1.30. The van der Waals surface area contributed by atoms with E-state index in [0.29, 0.717) is 41.9 Å². The molecule has 3 aromatic heterocycles. The number of carbonyl (C=O) groups is 1. The van der Waals surface area contributed by atoms with Gasteiger partial charge >= 0.3 is 0 Å². The van der Waals surface area contributed by atoms with Crippen molar-refractivity contribution in [2.75, 3.05) is 18.5 Å². The maximum Gasteiger partial charge on any atom is 0.264 e. The first-order valence-corrected chi connectivity index (χ1v) is 9.89. The number of alkyl halides is 2. The third kappa shape index (κ3) is 3.64. The number of halogens is 2. The van der Waals surface area contributed by atoms with Gasteiger partial charge in [-0.3, -0.25) is 4.79 Å². The summed E-state index contributed by atoms with van der Waals surface area (Å²) in [6.45, 7) is 2.30. The first kappa shape index (κ1) is 20.0. The number of carbonyl (C=O) groups excluding carboxylic acids is 1. The number of amides is 1. The van der Waals surface area contributed by atoms with Crippen LogP contribution in [0, 0.1) is 6.92 Å². The zero-order chi connectivity index (χ0) is 22.2. The molecular weight excluding hydrogens is 422 g/mol. The Morgan fingerprint density at radius 2 is 2.00 bits per heavy atom. The van der Waals surface area contributed by atoms with Crippen molar-refractivity contribution >= 4 is 22.6 Å². The molecule has 1 aromatic carbocycles. The normalized spacial score (nSPS) is 13.0. The molecule has 1 aliphatic heterocycles. The van der Waals surface area contributed by atoms with Crippen LogP contribution in [-0.4, -0.2) is 33.9 Å². The number of benzene rings is 1.